The molecule has 0 bridgehead atoms. The Bertz CT molecular complexity index is 692. The summed E-state index contributed by atoms with van der Waals surface area (Å²) in [5.41, 5.74) is 1.20. The average molecular weight is 284 g/mol. The SMILES string of the molecule is Cc1nccn1CCN1C(=O)CNC(=O)c2ccccc21. The molecule has 2 amide bonds. The number of nitrogens with one attached hydrogen (secondary N) is 1. The molecule has 21 heavy (non-hydrogen) atoms. The van der Waals surface area contributed by atoms with E-state index in [1.54, 1.807) is 29.3 Å². The smallest absolute Gasteiger partial charge is 0.253 e. The molecular weight excluding hydrogens is 268 g/mol. The van der Waals surface area contributed by atoms with E-state index in [0.29, 0.717) is 24.3 Å². The molecule has 0 saturated carbocycles. The second kappa shape index (κ2) is 5.40. The van der Waals surface area contributed by atoms with Crippen LogP contribution in [-0.4, -0.2) is 34.5 Å². The summed E-state index contributed by atoms with van der Waals surface area (Å²) in [4.78, 5) is 30.1. The number of aryl methyl sites for hydroxylation is 1. The zero-order valence-corrected chi connectivity index (χ0v) is 11.7. The molecular formula is C15H16N4O2. The van der Waals surface area contributed by atoms with Crippen LogP contribution in [0.3, 0.4) is 0 Å². The predicted molar refractivity (Wildman–Crippen MR) is 78.1 cm³/mol. The monoisotopic (exact) mass is 284 g/mol. The number of hydrogen-bond acceptors (Lipinski definition) is 3. The molecule has 0 atom stereocenters. The van der Waals surface area contributed by atoms with Gasteiger partial charge in [0.15, 0.2) is 0 Å². The minimum absolute atomic E-state index is 0.0242. The quantitative estimate of drug-likeness (QED) is 0.913. The van der Waals surface area contributed by atoms with Crippen LogP contribution in [0.15, 0.2) is 36.7 Å². The van der Waals surface area contributed by atoms with Crippen LogP contribution >= 0.6 is 0 Å². The van der Waals surface area contributed by atoms with Gasteiger partial charge >= 0.3 is 0 Å². The number of carbonyl (C=O) groups excluding carboxylic acids is 2. The second-order valence-corrected chi connectivity index (χ2v) is 4.91. The zero-order valence-electron chi connectivity index (χ0n) is 11.7. The van der Waals surface area contributed by atoms with Crippen molar-refractivity contribution in [3.63, 3.8) is 0 Å². The molecule has 0 spiro atoms. The van der Waals surface area contributed by atoms with Gasteiger partial charge in [-0.3, -0.25) is 9.59 Å². The van der Waals surface area contributed by atoms with Gasteiger partial charge in [0.25, 0.3) is 5.91 Å². The fraction of sp³-hybridized carbons (Fsp3) is 0.267. The van der Waals surface area contributed by atoms with Gasteiger partial charge in [0.2, 0.25) is 5.91 Å². The number of carbonyl (C=O) groups is 2. The number of para-hydroxylation sites is 1. The molecule has 0 aliphatic carbocycles. The summed E-state index contributed by atoms with van der Waals surface area (Å²) in [5.74, 6) is 0.589. The Balaban J connectivity index is 1.89. The van der Waals surface area contributed by atoms with Gasteiger partial charge in [-0.15, -0.1) is 0 Å². The number of hydrogen-bond donors (Lipinski definition) is 1. The zero-order chi connectivity index (χ0) is 14.8. The summed E-state index contributed by atoms with van der Waals surface area (Å²) in [6.45, 7) is 3.09. The first-order chi connectivity index (χ1) is 10.2. The molecule has 1 aromatic carbocycles. The molecule has 0 radical (unpaired) electrons. The number of aromatic nitrogens is 2. The Labute approximate surface area is 122 Å². The number of benzene rings is 1. The van der Waals surface area contributed by atoms with Crippen molar-refractivity contribution >= 4 is 17.5 Å². The molecule has 1 aliphatic rings. The fourth-order valence-electron chi connectivity index (χ4n) is 2.47. The molecule has 3 rings (SSSR count). The van der Waals surface area contributed by atoms with Gasteiger partial charge in [-0.2, -0.15) is 0 Å². The number of rotatable bonds is 3. The Morgan fingerprint density at radius 1 is 1.24 bits per heavy atom. The van der Waals surface area contributed by atoms with Crippen LogP contribution in [0, 0.1) is 6.92 Å². The first kappa shape index (κ1) is 13.4. The van der Waals surface area contributed by atoms with Crippen LogP contribution in [0.2, 0.25) is 0 Å². The predicted octanol–water partition coefficient (Wildman–Crippen LogP) is 0.968. The van der Waals surface area contributed by atoms with Gasteiger partial charge in [-0.05, 0) is 19.1 Å². The Hall–Kier alpha value is -2.63. The normalized spacial score (nSPS) is 14.6. The largest absolute Gasteiger partial charge is 0.343 e. The highest BCUT2D eigenvalue weighted by Gasteiger charge is 2.25. The molecule has 2 heterocycles. The highest BCUT2D eigenvalue weighted by atomic mass is 16.2. The lowest BCUT2D eigenvalue weighted by Gasteiger charge is -2.22. The first-order valence-electron chi connectivity index (χ1n) is 6.82. The lowest BCUT2D eigenvalue weighted by molar-refractivity contribution is -0.117. The van der Waals surface area contributed by atoms with E-state index in [1.807, 2.05) is 23.8 Å². The molecule has 6 nitrogen and oxygen atoms in total. The van der Waals surface area contributed by atoms with Crippen molar-refractivity contribution in [1.29, 1.82) is 0 Å². The van der Waals surface area contributed by atoms with Crippen molar-refractivity contribution in [2.75, 3.05) is 18.0 Å². The van der Waals surface area contributed by atoms with Crippen LogP contribution in [0.25, 0.3) is 0 Å². The van der Waals surface area contributed by atoms with Gasteiger partial charge < -0.3 is 14.8 Å². The third kappa shape index (κ3) is 2.52. The van der Waals surface area contributed by atoms with Crippen LogP contribution < -0.4 is 10.2 Å². The van der Waals surface area contributed by atoms with Gasteiger partial charge in [0, 0.05) is 25.5 Å². The summed E-state index contributed by atoms with van der Waals surface area (Å²) in [7, 11) is 0. The van der Waals surface area contributed by atoms with Crippen molar-refractivity contribution in [3.05, 3.63) is 48.0 Å². The van der Waals surface area contributed by atoms with Crippen LogP contribution in [-0.2, 0) is 11.3 Å². The molecule has 2 aromatic rings. The minimum Gasteiger partial charge on any atom is -0.343 e. The summed E-state index contributed by atoms with van der Waals surface area (Å²) < 4.78 is 1.98. The Morgan fingerprint density at radius 3 is 2.81 bits per heavy atom. The van der Waals surface area contributed by atoms with Gasteiger partial charge in [0.1, 0.15) is 5.82 Å². The maximum absolute atomic E-state index is 12.3. The molecule has 108 valence electrons. The van der Waals surface area contributed by atoms with Crippen molar-refractivity contribution in [3.8, 4) is 0 Å². The average Bonchev–Trinajstić information content (AvgIpc) is 2.85. The van der Waals surface area contributed by atoms with Crippen molar-refractivity contribution in [2.24, 2.45) is 0 Å². The number of anilines is 1. The Morgan fingerprint density at radius 2 is 2.05 bits per heavy atom. The minimum atomic E-state index is -0.208. The van der Waals surface area contributed by atoms with Gasteiger partial charge in [-0.25, -0.2) is 4.98 Å². The van der Waals surface area contributed by atoms with E-state index in [1.165, 1.54) is 0 Å². The van der Waals surface area contributed by atoms with E-state index in [-0.39, 0.29) is 18.4 Å². The van der Waals surface area contributed by atoms with Crippen molar-refractivity contribution < 1.29 is 9.59 Å². The van der Waals surface area contributed by atoms with Crippen molar-refractivity contribution in [1.82, 2.24) is 14.9 Å². The second-order valence-electron chi connectivity index (χ2n) is 4.91. The lowest BCUT2D eigenvalue weighted by Crippen LogP contribution is -2.38. The number of imidazole rings is 1. The molecule has 0 unspecified atom stereocenters. The van der Waals surface area contributed by atoms with E-state index in [0.717, 1.165) is 5.82 Å². The highest BCUT2D eigenvalue weighted by Crippen LogP contribution is 2.22. The number of fused-ring (bicyclic) bond motifs is 1. The maximum Gasteiger partial charge on any atom is 0.253 e. The summed E-state index contributed by atoms with van der Waals surface area (Å²) in [6, 6.07) is 7.17. The van der Waals surface area contributed by atoms with E-state index in [2.05, 4.69) is 10.3 Å². The molecule has 0 saturated heterocycles. The van der Waals surface area contributed by atoms with Crippen molar-refractivity contribution in [2.45, 2.75) is 13.5 Å². The third-order valence-corrected chi connectivity index (χ3v) is 3.63. The molecule has 1 aromatic heterocycles. The topological polar surface area (TPSA) is 67.2 Å². The summed E-state index contributed by atoms with van der Waals surface area (Å²) in [5, 5.41) is 2.64. The molecule has 1 aliphatic heterocycles. The molecule has 1 N–H and O–H groups in total. The van der Waals surface area contributed by atoms with Crippen LogP contribution in [0.1, 0.15) is 16.2 Å². The Kier molecular flexibility index (Phi) is 3.43. The first-order valence-corrected chi connectivity index (χ1v) is 6.82. The van der Waals surface area contributed by atoms with E-state index in [4.69, 9.17) is 0 Å². The number of amides is 2. The van der Waals surface area contributed by atoms with E-state index < -0.39 is 0 Å². The van der Waals surface area contributed by atoms with Gasteiger partial charge in [0.05, 0.1) is 17.8 Å². The number of nitrogens with zero attached hydrogens (tertiary/aromatic N) is 3. The molecule has 6 heteroatoms. The summed E-state index contributed by atoms with van der Waals surface area (Å²) >= 11 is 0. The summed E-state index contributed by atoms with van der Waals surface area (Å²) in [6.07, 6.45) is 3.62. The van der Waals surface area contributed by atoms with Crippen LogP contribution in [0.5, 0.6) is 0 Å². The standard InChI is InChI=1S/C15H16N4O2/c1-11-16-6-7-18(11)8-9-19-13-5-3-2-4-12(13)15(21)17-10-14(19)20/h2-7H,8-10H2,1H3,(H,17,21). The van der Waals surface area contributed by atoms with Gasteiger partial charge in [-0.1, -0.05) is 12.1 Å². The lowest BCUT2D eigenvalue weighted by atomic mass is 10.1. The fourth-order valence-corrected chi connectivity index (χ4v) is 2.47. The van der Waals surface area contributed by atoms with E-state index >= 15 is 0 Å². The van der Waals surface area contributed by atoms with E-state index in [9.17, 15) is 9.59 Å². The maximum atomic E-state index is 12.3. The highest BCUT2D eigenvalue weighted by molar-refractivity contribution is 6.09. The van der Waals surface area contributed by atoms with Crippen LogP contribution in [0.4, 0.5) is 5.69 Å². The third-order valence-electron chi connectivity index (χ3n) is 3.63. The molecule has 0 fully saturated rings.